The zero-order chi connectivity index (χ0) is 10.4. The van der Waals surface area contributed by atoms with Gasteiger partial charge in [0.1, 0.15) is 6.04 Å². The number of hydrogen-bond acceptors (Lipinski definition) is 4. The Kier molecular flexibility index (Phi) is 6.61. The van der Waals surface area contributed by atoms with Gasteiger partial charge in [0.25, 0.3) is 0 Å². The van der Waals surface area contributed by atoms with Crippen LogP contribution in [-0.4, -0.2) is 34.3 Å². The zero-order valence-corrected chi connectivity index (χ0v) is 8.78. The smallest absolute Gasteiger partial charge is 0.325 e. The molecule has 1 rings (SSSR count). The molecule has 1 unspecified atom stereocenters. The molecule has 1 aromatic rings. The molecule has 3 N–H and O–H groups in total. The van der Waals surface area contributed by atoms with E-state index >= 15 is 0 Å². The summed E-state index contributed by atoms with van der Waals surface area (Å²) in [4.78, 5) is 14.7. The normalized spacial score (nSPS) is 11.5. The number of aliphatic hydroxyl groups excluding tert-OH is 1. The van der Waals surface area contributed by atoms with Crippen LogP contribution in [0.15, 0.2) is 24.5 Å². The summed E-state index contributed by atoms with van der Waals surface area (Å²) in [5.41, 5.74) is 0.577. The summed E-state index contributed by atoms with van der Waals surface area (Å²) in [6.07, 6.45) is 3.07. The molecule has 1 aromatic heterocycles. The van der Waals surface area contributed by atoms with E-state index in [1.165, 1.54) is 6.20 Å². The van der Waals surface area contributed by atoms with Crippen molar-refractivity contribution in [3.63, 3.8) is 0 Å². The van der Waals surface area contributed by atoms with Crippen molar-refractivity contribution in [1.29, 1.82) is 0 Å². The summed E-state index contributed by atoms with van der Waals surface area (Å²) in [6, 6.07) is 2.54. The van der Waals surface area contributed by atoms with Gasteiger partial charge in [-0.25, -0.2) is 0 Å². The summed E-state index contributed by atoms with van der Waals surface area (Å²) in [6.45, 7) is 0.149. The molecule has 0 radical (unpaired) electrons. The molecule has 0 fully saturated rings. The van der Waals surface area contributed by atoms with Crippen molar-refractivity contribution in [2.75, 3.05) is 13.2 Å². The van der Waals surface area contributed by atoms with E-state index < -0.39 is 12.0 Å². The van der Waals surface area contributed by atoms with Crippen LogP contribution in [0.2, 0.25) is 0 Å². The van der Waals surface area contributed by atoms with Gasteiger partial charge in [-0.1, -0.05) is 6.07 Å². The maximum Gasteiger partial charge on any atom is 0.325 e. The Morgan fingerprint density at radius 3 is 2.80 bits per heavy atom. The Hall–Kier alpha value is -1.17. The Morgan fingerprint density at radius 2 is 2.33 bits per heavy atom. The lowest BCUT2D eigenvalue weighted by Gasteiger charge is -2.12. The first-order valence-corrected chi connectivity index (χ1v) is 4.22. The first kappa shape index (κ1) is 13.8. The van der Waals surface area contributed by atoms with Crippen molar-refractivity contribution >= 4 is 18.4 Å². The van der Waals surface area contributed by atoms with E-state index in [1.807, 2.05) is 0 Å². The molecule has 0 aromatic carbocycles. The first-order chi connectivity index (χ1) is 6.75. The third-order valence-electron chi connectivity index (χ3n) is 1.72. The molecule has 0 aliphatic heterocycles. The third-order valence-corrected chi connectivity index (χ3v) is 1.72. The monoisotopic (exact) mass is 232 g/mol. The van der Waals surface area contributed by atoms with Gasteiger partial charge in [0, 0.05) is 18.9 Å². The lowest BCUT2D eigenvalue weighted by molar-refractivity contribution is -0.139. The van der Waals surface area contributed by atoms with Crippen molar-refractivity contribution in [3.05, 3.63) is 30.1 Å². The van der Waals surface area contributed by atoms with Gasteiger partial charge in [-0.2, -0.15) is 0 Å². The number of aliphatic carboxylic acids is 1. The molecule has 1 heterocycles. The average molecular weight is 233 g/mol. The van der Waals surface area contributed by atoms with Crippen molar-refractivity contribution in [1.82, 2.24) is 10.3 Å². The number of pyridine rings is 1. The van der Waals surface area contributed by atoms with Gasteiger partial charge in [0.05, 0.1) is 6.61 Å². The Morgan fingerprint density at radius 1 is 1.60 bits per heavy atom. The highest BCUT2D eigenvalue weighted by Gasteiger charge is 2.18. The number of hydrogen-bond donors (Lipinski definition) is 3. The summed E-state index contributed by atoms with van der Waals surface area (Å²) in [5, 5.41) is 20.1. The van der Waals surface area contributed by atoms with Crippen molar-refractivity contribution < 1.29 is 15.0 Å². The molecule has 6 heteroatoms. The van der Waals surface area contributed by atoms with E-state index in [1.54, 1.807) is 18.3 Å². The Labute approximate surface area is 93.6 Å². The number of halogens is 1. The molecule has 1 atom stereocenters. The van der Waals surface area contributed by atoms with Crippen LogP contribution in [0.3, 0.4) is 0 Å². The molecular weight excluding hydrogens is 220 g/mol. The largest absolute Gasteiger partial charge is 0.480 e. The summed E-state index contributed by atoms with van der Waals surface area (Å²) >= 11 is 0. The van der Waals surface area contributed by atoms with Crippen molar-refractivity contribution in [2.24, 2.45) is 0 Å². The Bertz CT molecular complexity index is 295. The first-order valence-electron chi connectivity index (χ1n) is 4.22. The number of nitrogens with zero attached hydrogens (tertiary/aromatic N) is 1. The molecule has 0 saturated carbocycles. The van der Waals surface area contributed by atoms with Crippen molar-refractivity contribution in [3.8, 4) is 0 Å². The van der Waals surface area contributed by atoms with Crippen LogP contribution in [-0.2, 0) is 4.79 Å². The molecule has 0 amide bonds. The zero-order valence-electron chi connectivity index (χ0n) is 7.96. The van der Waals surface area contributed by atoms with Gasteiger partial charge < -0.3 is 10.2 Å². The maximum absolute atomic E-state index is 10.8. The van der Waals surface area contributed by atoms with Crippen LogP contribution in [0.4, 0.5) is 0 Å². The molecular formula is C9H13ClN2O3. The van der Waals surface area contributed by atoms with Gasteiger partial charge >= 0.3 is 5.97 Å². The highest BCUT2D eigenvalue weighted by atomic mass is 35.5. The highest BCUT2D eigenvalue weighted by Crippen LogP contribution is 2.10. The summed E-state index contributed by atoms with van der Waals surface area (Å²) < 4.78 is 0. The van der Waals surface area contributed by atoms with Gasteiger partial charge in [0.2, 0.25) is 0 Å². The topological polar surface area (TPSA) is 82.5 Å². The van der Waals surface area contributed by atoms with Crippen LogP contribution in [0.5, 0.6) is 0 Å². The minimum Gasteiger partial charge on any atom is -0.480 e. The molecule has 15 heavy (non-hydrogen) atoms. The van der Waals surface area contributed by atoms with E-state index in [0.717, 1.165) is 0 Å². The number of nitrogens with one attached hydrogen (secondary N) is 1. The SMILES string of the molecule is Cl.O=C(O)C(NCCO)c1cccnc1. The van der Waals surface area contributed by atoms with Gasteiger partial charge in [-0.15, -0.1) is 12.4 Å². The second-order valence-corrected chi connectivity index (χ2v) is 2.74. The summed E-state index contributed by atoms with van der Waals surface area (Å²) in [5.74, 6) is -0.980. The van der Waals surface area contributed by atoms with Crippen LogP contribution in [0.25, 0.3) is 0 Å². The van der Waals surface area contributed by atoms with Crippen LogP contribution >= 0.6 is 12.4 Å². The predicted molar refractivity (Wildman–Crippen MR) is 57.0 cm³/mol. The minimum absolute atomic E-state index is 0. The number of carboxylic acid groups (broad SMARTS) is 1. The number of carbonyl (C=O) groups is 1. The van der Waals surface area contributed by atoms with Gasteiger partial charge in [-0.05, 0) is 11.6 Å². The molecule has 0 saturated heterocycles. The van der Waals surface area contributed by atoms with Crippen LogP contribution in [0.1, 0.15) is 11.6 Å². The van der Waals surface area contributed by atoms with E-state index in [4.69, 9.17) is 10.2 Å². The second kappa shape index (κ2) is 7.17. The van der Waals surface area contributed by atoms with Crippen molar-refractivity contribution in [2.45, 2.75) is 6.04 Å². The fourth-order valence-corrected chi connectivity index (χ4v) is 1.10. The van der Waals surface area contributed by atoms with E-state index in [-0.39, 0.29) is 25.6 Å². The molecule has 0 bridgehead atoms. The molecule has 0 aliphatic carbocycles. The molecule has 5 nitrogen and oxygen atoms in total. The van der Waals surface area contributed by atoms with E-state index in [2.05, 4.69) is 10.3 Å². The summed E-state index contributed by atoms with van der Waals surface area (Å²) in [7, 11) is 0. The lowest BCUT2D eigenvalue weighted by atomic mass is 10.1. The number of aliphatic hydroxyl groups is 1. The average Bonchev–Trinajstić information content (AvgIpc) is 2.19. The third kappa shape index (κ3) is 4.24. The molecule has 0 spiro atoms. The maximum atomic E-state index is 10.8. The predicted octanol–water partition coefficient (Wildman–Crippen LogP) is 0.211. The minimum atomic E-state index is -0.980. The van der Waals surface area contributed by atoms with Crippen LogP contribution < -0.4 is 5.32 Å². The quantitative estimate of drug-likeness (QED) is 0.676. The number of carboxylic acids is 1. The fourth-order valence-electron chi connectivity index (χ4n) is 1.10. The molecule has 84 valence electrons. The van der Waals surface area contributed by atoms with E-state index in [9.17, 15) is 4.79 Å². The Balaban J connectivity index is 0.00000196. The van der Waals surface area contributed by atoms with Gasteiger partial charge in [0.15, 0.2) is 0 Å². The highest BCUT2D eigenvalue weighted by molar-refractivity contribution is 5.85. The standard InChI is InChI=1S/C9H12N2O3.ClH/c12-5-4-11-8(9(13)14)7-2-1-3-10-6-7;/h1-3,6,8,11-12H,4-5H2,(H,13,14);1H. The number of aromatic nitrogens is 1. The second-order valence-electron chi connectivity index (χ2n) is 2.74. The van der Waals surface area contributed by atoms with Crippen LogP contribution in [0, 0.1) is 0 Å². The lowest BCUT2D eigenvalue weighted by Crippen LogP contribution is -2.30. The van der Waals surface area contributed by atoms with Gasteiger partial charge in [-0.3, -0.25) is 15.1 Å². The fraction of sp³-hybridized carbons (Fsp3) is 0.333. The van der Waals surface area contributed by atoms with E-state index in [0.29, 0.717) is 5.56 Å². The molecule has 0 aliphatic rings. The number of rotatable bonds is 5.